The van der Waals surface area contributed by atoms with E-state index < -0.39 is 0 Å². The minimum Gasteiger partial charge on any atom is -0.366 e. The summed E-state index contributed by atoms with van der Waals surface area (Å²) in [4.78, 5) is 12.9. The van der Waals surface area contributed by atoms with Crippen LogP contribution in [-0.2, 0) is 6.42 Å². The number of halogens is 1. The summed E-state index contributed by atoms with van der Waals surface area (Å²) in [5.41, 5.74) is 3.32. The van der Waals surface area contributed by atoms with Crippen LogP contribution in [-0.4, -0.2) is 36.9 Å². The maximum absolute atomic E-state index is 14.1. The van der Waals surface area contributed by atoms with Gasteiger partial charge in [0.15, 0.2) is 0 Å². The van der Waals surface area contributed by atoms with Crippen LogP contribution in [0.3, 0.4) is 0 Å². The summed E-state index contributed by atoms with van der Waals surface area (Å²) < 4.78 is 14.1. The molecular weight excluding hydrogens is 303 g/mol. The van der Waals surface area contributed by atoms with Crippen LogP contribution < -0.4 is 4.90 Å². The smallest absolute Gasteiger partial charge is 0.132 e. The molecule has 1 aromatic carbocycles. The molecule has 5 heteroatoms. The van der Waals surface area contributed by atoms with E-state index in [2.05, 4.69) is 16.9 Å². The molecule has 0 aliphatic carbocycles. The number of benzene rings is 1. The lowest BCUT2D eigenvalue weighted by Gasteiger charge is -2.22. The van der Waals surface area contributed by atoms with Gasteiger partial charge in [0.2, 0.25) is 0 Å². The number of aliphatic imine (C=N–C) groups is 1. The maximum atomic E-state index is 14.1. The number of hydrogen-bond donors (Lipinski definition) is 0. The first-order chi connectivity index (χ1) is 11.5. The minimum absolute atomic E-state index is 0.305. The van der Waals surface area contributed by atoms with Crippen LogP contribution in [0.4, 0.5) is 21.6 Å². The highest BCUT2D eigenvalue weighted by Crippen LogP contribution is 2.33. The van der Waals surface area contributed by atoms with E-state index in [1.54, 1.807) is 6.34 Å². The van der Waals surface area contributed by atoms with E-state index in [4.69, 9.17) is 0 Å². The quantitative estimate of drug-likeness (QED) is 0.579. The second kappa shape index (κ2) is 7.90. The SMILES string of the molecule is CCc1cccc(N(C)c2cc(F)cc(/N=C/N(C)CC)c2C)n1. The predicted molar refractivity (Wildman–Crippen MR) is 99.3 cm³/mol. The van der Waals surface area contributed by atoms with Gasteiger partial charge in [-0.2, -0.15) is 0 Å². The zero-order valence-electron chi connectivity index (χ0n) is 15.0. The lowest BCUT2D eigenvalue weighted by Crippen LogP contribution is -2.15. The van der Waals surface area contributed by atoms with Crippen LogP contribution >= 0.6 is 0 Å². The fraction of sp³-hybridized carbons (Fsp3) is 0.368. The van der Waals surface area contributed by atoms with Gasteiger partial charge in [-0.25, -0.2) is 14.4 Å². The van der Waals surface area contributed by atoms with Gasteiger partial charge in [0.1, 0.15) is 11.6 Å². The van der Waals surface area contributed by atoms with Crippen molar-refractivity contribution < 1.29 is 4.39 Å². The Kier molecular flexibility index (Phi) is 5.90. The van der Waals surface area contributed by atoms with E-state index in [9.17, 15) is 4.39 Å². The predicted octanol–water partition coefficient (Wildman–Crippen LogP) is 4.47. The standard InChI is InChI=1S/C19H25FN4/c1-6-16-9-8-10-19(22-16)24(5)18-12-15(20)11-17(14(18)3)21-13-23(4)7-2/h8-13H,6-7H2,1-5H3/b21-13+. The first-order valence-corrected chi connectivity index (χ1v) is 8.20. The molecule has 1 heterocycles. The van der Waals surface area contributed by atoms with E-state index in [1.165, 1.54) is 12.1 Å². The zero-order valence-corrected chi connectivity index (χ0v) is 15.0. The summed E-state index contributed by atoms with van der Waals surface area (Å²) in [6.07, 6.45) is 2.59. The van der Waals surface area contributed by atoms with Crippen LogP contribution in [0.15, 0.2) is 35.3 Å². The lowest BCUT2D eigenvalue weighted by atomic mass is 10.1. The molecule has 2 rings (SSSR count). The summed E-state index contributed by atoms with van der Waals surface area (Å²) in [7, 11) is 3.83. The van der Waals surface area contributed by atoms with Gasteiger partial charge in [-0.1, -0.05) is 13.0 Å². The van der Waals surface area contributed by atoms with Gasteiger partial charge in [-0.05, 0) is 50.1 Å². The summed E-state index contributed by atoms with van der Waals surface area (Å²) in [6.45, 7) is 6.90. The highest BCUT2D eigenvalue weighted by Gasteiger charge is 2.13. The average Bonchev–Trinajstić information content (AvgIpc) is 2.61. The minimum atomic E-state index is -0.305. The molecule has 0 amide bonds. The molecule has 4 nitrogen and oxygen atoms in total. The number of nitrogens with zero attached hydrogens (tertiary/aromatic N) is 4. The van der Waals surface area contributed by atoms with Gasteiger partial charge < -0.3 is 9.80 Å². The Labute approximate surface area is 143 Å². The van der Waals surface area contributed by atoms with E-state index in [-0.39, 0.29) is 5.82 Å². The van der Waals surface area contributed by atoms with Crippen molar-refractivity contribution in [1.29, 1.82) is 0 Å². The second-order valence-electron chi connectivity index (χ2n) is 5.79. The molecule has 24 heavy (non-hydrogen) atoms. The van der Waals surface area contributed by atoms with Crippen LogP contribution in [0.25, 0.3) is 0 Å². The Morgan fingerprint density at radius 2 is 1.96 bits per heavy atom. The molecule has 0 aliphatic rings. The molecule has 0 atom stereocenters. The topological polar surface area (TPSA) is 31.7 Å². The number of hydrogen-bond acceptors (Lipinski definition) is 3. The highest BCUT2D eigenvalue weighted by atomic mass is 19.1. The van der Waals surface area contributed by atoms with Gasteiger partial charge in [0.05, 0.1) is 17.7 Å². The van der Waals surface area contributed by atoms with Gasteiger partial charge in [0, 0.05) is 26.3 Å². The van der Waals surface area contributed by atoms with Crippen molar-refractivity contribution in [3.05, 3.63) is 47.4 Å². The van der Waals surface area contributed by atoms with E-state index in [1.807, 2.05) is 55.9 Å². The third kappa shape index (κ3) is 4.10. The summed E-state index contributed by atoms with van der Waals surface area (Å²) >= 11 is 0. The third-order valence-electron chi connectivity index (χ3n) is 4.07. The van der Waals surface area contributed by atoms with Crippen molar-refractivity contribution in [3.63, 3.8) is 0 Å². The molecule has 0 spiro atoms. The Morgan fingerprint density at radius 3 is 2.62 bits per heavy atom. The summed E-state index contributed by atoms with van der Waals surface area (Å²) in [5.74, 6) is 0.490. The van der Waals surface area contributed by atoms with Crippen molar-refractivity contribution in [3.8, 4) is 0 Å². The van der Waals surface area contributed by atoms with Crippen molar-refractivity contribution in [2.45, 2.75) is 27.2 Å². The average molecular weight is 328 g/mol. The second-order valence-corrected chi connectivity index (χ2v) is 5.79. The van der Waals surface area contributed by atoms with Crippen LogP contribution in [0.2, 0.25) is 0 Å². The lowest BCUT2D eigenvalue weighted by molar-refractivity contribution is 0.552. The van der Waals surface area contributed by atoms with Gasteiger partial charge >= 0.3 is 0 Å². The fourth-order valence-corrected chi connectivity index (χ4v) is 2.35. The van der Waals surface area contributed by atoms with Crippen molar-refractivity contribution in [1.82, 2.24) is 9.88 Å². The number of aryl methyl sites for hydroxylation is 1. The fourth-order valence-electron chi connectivity index (χ4n) is 2.35. The molecule has 1 aromatic heterocycles. The van der Waals surface area contributed by atoms with E-state index in [0.29, 0.717) is 5.69 Å². The zero-order chi connectivity index (χ0) is 17.7. The van der Waals surface area contributed by atoms with Crippen molar-refractivity contribution >= 4 is 23.5 Å². The molecule has 0 fully saturated rings. The van der Waals surface area contributed by atoms with Crippen molar-refractivity contribution in [2.24, 2.45) is 4.99 Å². The Bertz CT molecular complexity index is 727. The van der Waals surface area contributed by atoms with E-state index in [0.717, 1.165) is 35.7 Å². The van der Waals surface area contributed by atoms with Gasteiger partial charge in [-0.15, -0.1) is 0 Å². The Morgan fingerprint density at radius 1 is 1.21 bits per heavy atom. The molecule has 0 aliphatic heterocycles. The van der Waals surface area contributed by atoms with Crippen LogP contribution in [0, 0.1) is 12.7 Å². The first kappa shape index (κ1) is 17.9. The largest absolute Gasteiger partial charge is 0.366 e. The van der Waals surface area contributed by atoms with E-state index >= 15 is 0 Å². The summed E-state index contributed by atoms with van der Waals surface area (Å²) in [5, 5.41) is 0. The van der Waals surface area contributed by atoms with Crippen LogP contribution in [0.1, 0.15) is 25.1 Å². The van der Waals surface area contributed by atoms with Gasteiger partial charge in [0.25, 0.3) is 0 Å². The molecule has 0 radical (unpaired) electrons. The van der Waals surface area contributed by atoms with Crippen molar-refractivity contribution in [2.75, 3.05) is 25.5 Å². The molecule has 0 saturated heterocycles. The molecule has 0 N–H and O–H groups in total. The first-order valence-electron chi connectivity index (χ1n) is 8.20. The molecular formula is C19H25FN4. The molecule has 128 valence electrons. The van der Waals surface area contributed by atoms with Gasteiger partial charge in [-0.3, -0.25) is 0 Å². The summed E-state index contributed by atoms with van der Waals surface area (Å²) in [6, 6.07) is 8.88. The maximum Gasteiger partial charge on any atom is 0.132 e. The number of aromatic nitrogens is 1. The molecule has 0 unspecified atom stereocenters. The third-order valence-corrected chi connectivity index (χ3v) is 4.07. The molecule has 0 bridgehead atoms. The number of pyridine rings is 1. The number of rotatable bonds is 6. The van der Waals surface area contributed by atoms with Crippen LogP contribution in [0.5, 0.6) is 0 Å². The normalized spacial score (nSPS) is 11.1. The Hall–Kier alpha value is -2.43. The molecule has 2 aromatic rings. The highest BCUT2D eigenvalue weighted by molar-refractivity contribution is 5.72. The Balaban J connectivity index is 2.42. The monoisotopic (exact) mass is 328 g/mol. The number of anilines is 2. The molecule has 0 saturated carbocycles.